The molecule has 1 aliphatic carbocycles. The smallest absolute Gasteiger partial charge is 0.0365 e. The van der Waals surface area contributed by atoms with Gasteiger partial charge in [0.25, 0.3) is 0 Å². The quantitative estimate of drug-likeness (QED) is 0.773. The van der Waals surface area contributed by atoms with Gasteiger partial charge >= 0.3 is 0 Å². The minimum absolute atomic E-state index is 0.402. The number of nitrogen functional groups attached to an aromatic ring is 1. The van der Waals surface area contributed by atoms with Crippen LogP contribution in [0.3, 0.4) is 0 Å². The van der Waals surface area contributed by atoms with Crippen LogP contribution < -0.4 is 10.6 Å². The molecule has 1 aromatic carbocycles. The molecule has 88 valence electrons. The molecule has 0 heterocycles. The van der Waals surface area contributed by atoms with E-state index in [1.54, 1.807) is 0 Å². The highest BCUT2D eigenvalue weighted by Crippen LogP contribution is 2.65. The monoisotopic (exact) mass is 218 g/mol. The zero-order chi connectivity index (χ0) is 12.1. The largest absolute Gasteiger partial charge is 0.398 e. The van der Waals surface area contributed by atoms with Crippen molar-refractivity contribution in [2.75, 3.05) is 24.7 Å². The van der Waals surface area contributed by atoms with Crippen molar-refractivity contribution >= 4 is 11.4 Å². The van der Waals surface area contributed by atoms with Crippen molar-refractivity contribution in [3.63, 3.8) is 0 Å². The Labute approximate surface area is 98.4 Å². The zero-order valence-corrected chi connectivity index (χ0v) is 10.9. The summed E-state index contributed by atoms with van der Waals surface area (Å²) in [6, 6.07) is 6.36. The fourth-order valence-corrected chi connectivity index (χ4v) is 2.67. The molecule has 2 atom stereocenters. The fraction of sp³-hybridized carbons (Fsp3) is 0.571. The molecule has 0 aromatic heterocycles. The van der Waals surface area contributed by atoms with E-state index in [-0.39, 0.29) is 0 Å². The molecule has 0 spiro atoms. The lowest BCUT2D eigenvalue weighted by Crippen LogP contribution is -2.09. The molecule has 1 aromatic rings. The third-order valence-corrected chi connectivity index (χ3v) is 4.29. The van der Waals surface area contributed by atoms with Gasteiger partial charge in [-0.25, -0.2) is 0 Å². The highest BCUT2D eigenvalue weighted by molar-refractivity contribution is 5.61. The van der Waals surface area contributed by atoms with E-state index in [2.05, 4.69) is 51.9 Å². The maximum absolute atomic E-state index is 6.10. The van der Waals surface area contributed by atoms with Crippen molar-refractivity contribution in [3.05, 3.63) is 23.8 Å². The SMILES string of the molecule is CC1C(c2cc(N(C)C)ccc2N)C1(C)C. The van der Waals surface area contributed by atoms with Gasteiger partial charge in [-0.1, -0.05) is 20.8 Å². The predicted molar refractivity (Wildman–Crippen MR) is 70.9 cm³/mol. The topological polar surface area (TPSA) is 29.3 Å². The predicted octanol–water partition coefficient (Wildman–Crippen LogP) is 3.09. The molecule has 0 radical (unpaired) electrons. The molecule has 2 rings (SSSR count). The number of rotatable bonds is 2. The normalized spacial score (nSPS) is 26.6. The molecule has 2 N–H and O–H groups in total. The van der Waals surface area contributed by atoms with E-state index in [4.69, 9.17) is 5.73 Å². The molecule has 0 aliphatic heterocycles. The van der Waals surface area contributed by atoms with Crippen LogP contribution in [-0.2, 0) is 0 Å². The van der Waals surface area contributed by atoms with Crippen LogP contribution in [-0.4, -0.2) is 14.1 Å². The minimum Gasteiger partial charge on any atom is -0.398 e. The molecule has 16 heavy (non-hydrogen) atoms. The molecule has 0 bridgehead atoms. The summed E-state index contributed by atoms with van der Waals surface area (Å²) in [7, 11) is 4.13. The molecule has 0 saturated heterocycles. The lowest BCUT2D eigenvalue weighted by Gasteiger charge is -2.16. The molecular formula is C14H22N2. The van der Waals surface area contributed by atoms with Gasteiger partial charge < -0.3 is 10.6 Å². The second-order valence-electron chi connectivity index (χ2n) is 5.80. The molecule has 1 aliphatic rings. The van der Waals surface area contributed by atoms with Gasteiger partial charge in [-0.15, -0.1) is 0 Å². The first-order valence-electron chi connectivity index (χ1n) is 5.92. The van der Waals surface area contributed by atoms with Crippen molar-refractivity contribution in [2.24, 2.45) is 11.3 Å². The van der Waals surface area contributed by atoms with Gasteiger partial charge in [-0.3, -0.25) is 0 Å². The van der Waals surface area contributed by atoms with E-state index in [0.717, 1.165) is 11.6 Å². The molecule has 2 nitrogen and oxygen atoms in total. The first-order valence-corrected chi connectivity index (χ1v) is 5.92. The van der Waals surface area contributed by atoms with Crippen molar-refractivity contribution in [2.45, 2.75) is 26.7 Å². The lowest BCUT2D eigenvalue weighted by atomic mass is 10.0. The van der Waals surface area contributed by atoms with E-state index < -0.39 is 0 Å². The first kappa shape index (κ1) is 11.3. The lowest BCUT2D eigenvalue weighted by molar-refractivity contribution is 0.575. The molecule has 2 heteroatoms. The number of nitrogens with zero attached hydrogens (tertiary/aromatic N) is 1. The summed E-state index contributed by atoms with van der Waals surface area (Å²) >= 11 is 0. The Kier molecular flexibility index (Phi) is 2.41. The third-order valence-electron chi connectivity index (χ3n) is 4.29. The number of benzene rings is 1. The first-order chi connectivity index (χ1) is 7.35. The molecule has 2 unspecified atom stereocenters. The Morgan fingerprint density at radius 2 is 1.81 bits per heavy atom. The summed E-state index contributed by atoms with van der Waals surface area (Å²) in [4.78, 5) is 2.13. The number of hydrogen-bond acceptors (Lipinski definition) is 2. The van der Waals surface area contributed by atoms with Gasteiger partial charge in [0.15, 0.2) is 0 Å². The van der Waals surface area contributed by atoms with E-state index in [9.17, 15) is 0 Å². The van der Waals surface area contributed by atoms with Gasteiger partial charge in [0.1, 0.15) is 0 Å². The van der Waals surface area contributed by atoms with Crippen LogP contribution >= 0.6 is 0 Å². The van der Waals surface area contributed by atoms with E-state index in [1.807, 2.05) is 6.07 Å². The second-order valence-corrected chi connectivity index (χ2v) is 5.80. The number of anilines is 2. The molecule has 1 saturated carbocycles. The Balaban J connectivity index is 2.38. The molecular weight excluding hydrogens is 196 g/mol. The summed E-state index contributed by atoms with van der Waals surface area (Å²) in [5, 5.41) is 0. The van der Waals surface area contributed by atoms with Crippen LogP contribution in [0.4, 0.5) is 11.4 Å². The van der Waals surface area contributed by atoms with Gasteiger partial charge in [0.05, 0.1) is 0 Å². The summed E-state index contributed by atoms with van der Waals surface area (Å²) in [6.07, 6.45) is 0. The summed E-state index contributed by atoms with van der Waals surface area (Å²) in [5.74, 6) is 1.35. The van der Waals surface area contributed by atoms with Crippen molar-refractivity contribution in [1.82, 2.24) is 0 Å². The molecule has 0 amide bonds. The maximum Gasteiger partial charge on any atom is 0.0365 e. The Morgan fingerprint density at radius 3 is 2.25 bits per heavy atom. The highest BCUT2D eigenvalue weighted by atomic mass is 15.1. The maximum atomic E-state index is 6.10. The fourth-order valence-electron chi connectivity index (χ4n) is 2.67. The van der Waals surface area contributed by atoms with Gasteiger partial charge in [0.2, 0.25) is 0 Å². The third kappa shape index (κ3) is 1.57. The van der Waals surface area contributed by atoms with Gasteiger partial charge in [-0.2, -0.15) is 0 Å². The van der Waals surface area contributed by atoms with Gasteiger partial charge in [-0.05, 0) is 41.0 Å². The van der Waals surface area contributed by atoms with Crippen LogP contribution in [0.25, 0.3) is 0 Å². The second kappa shape index (κ2) is 3.41. The highest BCUT2D eigenvalue weighted by Gasteiger charge is 2.55. The molecule has 1 fully saturated rings. The summed E-state index contributed by atoms with van der Waals surface area (Å²) in [6.45, 7) is 6.96. The van der Waals surface area contributed by atoms with Crippen LogP contribution in [0.15, 0.2) is 18.2 Å². The van der Waals surface area contributed by atoms with Crippen molar-refractivity contribution in [3.8, 4) is 0 Å². The van der Waals surface area contributed by atoms with E-state index in [1.165, 1.54) is 11.3 Å². The van der Waals surface area contributed by atoms with Gasteiger partial charge in [0, 0.05) is 25.5 Å². The zero-order valence-electron chi connectivity index (χ0n) is 10.9. The van der Waals surface area contributed by atoms with Crippen LogP contribution in [0, 0.1) is 11.3 Å². The average molecular weight is 218 g/mol. The summed E-state index contributed by atoms with van der Waals surface area (Å²) in [5.41, 5.74) is 9.99. The number of hydrogen-bond donors (Lipinski definition) is 1. The Bertz CT molecular complexity index is 407. The Morgan fingerprint density at radius 1 is 1.25 bits per heavy atom. The average Bonchev–Trinajstić information content (AvgIpc) is 2.67. The van der Waals surface area contributed by atoms with Crippen LogP contribution in [0.5, 0.6) is 0 Å². The Hall–Kier alpha value is -1.18. The van der Waals surface area contributed by atoms with Crippen molar-refractivity contribution < 1.29 is 0 Å². The summed E-state index contributed by atoms with van der Waals surface area (Å²) < 4.78 is 0. The van der Waals surface area contributed by atoms with Crippen LogP contribution in [0.2, 0.25) is 0 Å². The van der Waals surface area contributed by atoms with E-state index >= 15 is 0 Å². The van der Waals surface area contributed by atoms with E-state index in [0.29, 0.717) is 11.3 Å². The van der Waals surface area contributed by atoms with Crippen LogP contribution in [0.1, 0.15) is 32.3 Å². The number of nitrogens with two attached hydrogens (primary N) is 1. The minimum atomic E-state index is 0.402. The van der Waals surface area contributed by atoms with Crippen molar-refractivity contribution in [1.29, 1.82) is 0 Å². The standard InChI is InChI=1S/C14H22N2/c1-9-13(14(9,2)3)11-8-10(16(4)5)6-7-12(11)15/h6-9,13H,15H2,1-5H3.